The van der Waals surface area contributed by atoms with Crippen LogP contribution in [0, 0.1) is 35.5 Å². The van der Waals surface area contributed by atoms with Crippen molar-refractivity contribution in [3.05, 3.63) is 29.8 Å². The summed E-state index contributed by atoms with van der Waals surface area (Å²) in [7, 11) is 1.30. The van der Waals surface area contributed by atoms with E-state index in [-0.39, 0.29) is 18.2 Å². The molecule has 1 aromatic rings. The van der Waals surface area contributed by atoms with Gasteiger partial charge in [0.25, 0.3) is 0 Å². The van der Waals surface area contributed by atoms with Crippen molar-refractivity contribution in [1.82, 2.24) is 5.48 Å². The minimum absolute atomic E-state index is 0.196. The number of anilines is 1. The van der Waals surface area contributed by atoms with Gasteiger partial charge in [-0.2, -0.15) is 0 Å². The van der Waals surface area contributed by atoms with Crippen LogP contribution >= 0.6 is 0 Å². The lowest BCUT2D eigenvalue weighted by molar-refractivity contribution is -0.170. The van der Waals surface area contributed by atoms with Crippen LogP contribution in [0.2, 0.25) is 0 Å². The Morgan fingerprint density at radius 2 is 1.80 bits per heavy atom. The fraction of sp³-hybridized carbons (Fsp3) is 0.615. The molecule has 2 amide bonds. The maximum atomic E-state index is 13.5. The third-order valence-corrected chi connectivity index (χ3v) is 7.58. The number of ether oxygens (including phenoxy) is 2. The van der Waals surface area contributed by atoms with Crippen LogP contribution in [0.15, 0.2) is 24.3 Å². The predicted octanol–water partition coefficient (Wildman–Crippen LogP) is 4.15. The molecule has 9 nitrogen and oxygen atoms in total. The molecule has 0 aromatic heterocycles. The number of hydroxylamine groups is 1. The van der Waals surface area contributed by atoms with E-state index in [9.17, 15) is 19.2 Å². The van der Waals surface area contributed by atoms with Crippen molar-refractivity contribution >= 4 is 29.6 Å². The molecule has 2 saturated carbocycles. The summed E-state index contributed by atoms with van der Waals surface area (Å²) in [6.07, 6.45) is 0.0999. The number of fused-ring (bicyclic) bond motifs is 1. The van der Waals surface area contributed by atoms with Crippen molar-refractivity contribution in [3.8, 4) is 0 Å². The average molecular weight is 489 g/mol. The maximum absolute atomic E-state index is 13.5. The highest BCUT2D eigenvalue weighted by atomic mass is 16.7. The second-order valence-corrected chi connectivity index (χ2v) is 10.5. The molecule has 0 heterocycles. The molecule has 1 aromatic carbocycles. The first-order valence-electron chi connectivity index (χ1n) is 12.0. The number of nitrogens with one attached hydrogen (secondary N) is 2. The number of hydrogen-bond donors (Lipinski definition) is 2. The molecule has 2 aliphatic carbocycles. The van der Waals surface area contributed by atoms with Gasteiger partial charge in [0.05, 0.1) is 18.4 Å². The van der Waals surface area contributed by atoms with Crippen molar-refractivity contribution < 1.29 is 33.5 Å². The number of hydrogen-bond acceptors (Lipinski definition) is 7. The summed E-state index contributed by atoms with van der Waals surface area (Å²) in [6, 6.07) is 7.43. The van der Waals surface area contributed by atoms with E-state index in [2.05, 4.69) is 10.8 Å². The van der Waals surface area contributed by atoms with E-state index in [1.165, 1.54) is 7.11 Å². The molecule has 0 aliphatic heterocycles. The third kappa shape index (κ3) is 4.60. The van der Waals surface area contributed by atoms with Crippen LogP contribution in [-0.4, -0.2) is 36.6 Å². The van der Waals surface area contributed by atoms with Gasteiger partial charge in [-0.05, 0) is 70.6 Å². The summed E-state index contributed by atoms with van der Waals surface area (Å²) in [4.78, 5) is 57.0. The monoisotopic (exact) mass is 488 g/mol. The second-order valence-electron chi connectivity index (χ2n) is 10.5. The van der Waals surface area contributed by atoms with Crippen LogP contribution in [0.5, 0.6) is 0 Å². The smallest absolute Gasteiger partial charge is 0.441 e. The highest BCUT2D eigenvalue weighted by Gasteiger charge is 2.84. The van der Waals surface area contributed by atoms with Crippen LogP contribution in [-0.2, 0) is 28.7 Å². The number of amides is 2. The first-order chi connectivity index (χ1) is 16.4. The number of benzene rings is 1. The Hall–Kier alpha value is -3.10. The van der Waals surface area contributed by atoms with Gasteiger partial charge in [-0.15, -0.1) is 5.48 Å². The fourth-order valence-electron chi connectivity index (χ4n) is 6.24. The summed E-state index contributed by atoms with van der Waals surface area (Å²) in [5, 5.41) is 2.94. The molecule has 192 valence electrons. The lowest BCUT2D eigenvalue weighted by Gasteiger charge is -2.36. The quantitative estimate of drug-likeness (QED) is 0.351. The number of methoxy groups -OCH3 is 1. The maximum Gasteiger partial charge on any atom is 0.441 e. The summed E-state index contributed by atoms with van der Waals surface area (Å²) in [5.74, 6) is -2.99. The number of aryl methyl sites for hydroxylation is 1. The molecule has 2 fully saturated rings. The van der Waals surface area contributed by atoms with Crippen molar-refractivity contribution in [1.29, 1.82) is 0 Å². The number of carbonyl (C=O) groups is 4. The van der Waals surface area contributed by atoms with E-state index in [4.69, 9.17) is 14.3 Å². The van der Waals surface area contributed by atoms with Crippen LogP contribution in [0.4, 0.5) is 10.5 Å². The lowest BCUT2D eigenvalue weighted by Crippen LogP contribution is -2.45. The summed E-state index contributed by atoms with van der Waals surface area (Å²) in [6.45, 7) is 10.7. The standard InChI is InChI=1S/C26H36N2O7/c1-8-25(22(31)35-28-23(32)34-24(4,5)6)14-17(18-19(21(30)33-7)26(18,25)9-2)20(29)27-16-12-10-11-15(3)13-16/h10-13,17-19H,8-9,14H2,1-7H3,(H,27,29)(H,28,32). The number of esters is 1. The Bertz CT molecular complexity index is 1020. The first kappa shape index (κ1) is 26.5. The van der Waals surface area contributed by atoms with Crippen LogP contribution < -0.4 is 10.8 Å². The molecular formula is C26H36N2O7. The van der Waals surface area contributed by atoms with Crippen molar-refractivity contribution in [2.75, 3.05) is 12.4 Å². The second kappa shape index (κ2) is 9.51. The molecule has 3 rings (SSSR count). The molecule has 35 heavy (non-hydrogen) atoms. The molecule has 0 bridgehead atoms. The molecule has 9 heteroatoms. The molecule has 2 aliphatic rings. The first-order valence-corrected chi connectivity index (χ1v) is 12.0. The molecule has 5 atom stereocenters. The minimum Gasteiger partial charge on any atom is -0.469 e. The van der Waals surface area contributed by atoms with E-state index >= 15 is 0 Å². The van der Waals surface area contributed by atoms with Crippen LogP contribution in [0.3, 0.4) is 0 Å². The normalized spacial score (nSPS) is 28.9. The van der Waals surface area contributed by atoms with Gasteiger partial charge in [0.1, 0.15) is 5.60 Å². The van der Waals surface area contributed by atoms with E-state index in [0.717, 1.165) is 5.56 Å². The summed E-state index contributed by atoms with van der Waals surface area (Å²) in [5.41, 5.74) is 0.983. The van der Waals surface area contributed by atoms with Gasteiger partial charge in [-0.3, -0.25) is 9.59 Å². The molecule has 0 saturated heterocycles. The highest BCUT2D eigenvalue weighted by Crippen LogP contribution is 2.80. The minimum atomic E-state index is -1.16. The van der Waals surface area contributed by atoms with Gasteiger partial charge in [-0.1, -0.05) is 26.0 Å². The zero-order valence-corrected chi connectivity index (χ0v) is 21.5. The largest absolute Gasteiger partial charge is 0.469 e. The van der Waals surface area contributed by atoms with Crippen molar-refractivity contribution in [3.63, 3.8) is 0 Å². The average Bonchev–Trinajstić information content (AvgIpc) is 3.37. The van der Waals surface area contributed by atoms with E-state index in [1.54, 1.807) is 26.8 Å². The van der Waals surface area contributed by atoms with Gasteiger partial charge >= 0.3 is 18.0 Å². The number of carbonyl (C=O) groups excluding carboxylic acids is 4. The molecule has 5 unspecified atom stereocenters. The highest BCUT2D eigenvalue weighted by molar-refractivity contribution is 5.97. The predicted molar refractivity (Wildman–Crippen MR) is 128 cm³/mol. The van der Waals surface area contributed by atoms with Crippen LogP contribution in [0.1, 0.15) is 59.4 Å². The van der Waals surface area contributed by atoms with E-state index in [1.807, 2.05) is 39.0 Å². The molecular weight excluding hydrogens is 452 g/mol. The SMILES string of the molecule is CCC1(C(=O)ONC(=O)OC(C)(C)C)CC(C(=O)Nc2cccc(C)c2)C2C(C(=O)OC)C21CC. The Labute approximate surface area is 206 Å². The molecule has 0 spiro atoms. The van der Waals surface area contributed by atoms with Gasteiger partial charge < -0.3 is 19.6 Å². The lowest BCUT2D eigenvalue weighted by atomic mass is 9.67. The molecule has 0 radical (unpaired) electrons. The number of rotatable bonds is 6. The van der Waals surface area contributed by atoms with Gasteiger partial charge in [0.15, 0.2) is 0 Å². The van der Waals surface area contributed by atoms with Crippen molar-refractivity contribution in [2.24, 2.45) is 28.6 Å². The summed E-state index contributed by atoms with van der Waals surface area (Å²) < 4.78 is 10.2. The Morgan fingerprint density at radius 3 is 2.34 bits per heavy atom. The van der Waals surface area contributed by atoms with E-state index in [0.29, 0.717) is 18.5 Å². The zero-order valence-electron chi connectivity index (χ0n) is 21.5. The fourth-order valence-corrected chi connectivity index (χ4v) is 6.24. The zero-order chi connectivity index (χ0) is 26.2. The Kier molecular flexibility index (Phi) is 7.20. The summed E-state index contributed by atoms with van der Waals surface area (Å²) >= 11 is 0. The van der Waals surface area contributed by atoms with Gasteiger partial charge in [0, 0.05) is 17.0 Å². The van der Waals surface area contributed by atoms with Crippen molar-refractivity contribution in [2.45, 2.75) is 66.4 Å². The van der Waals surface area contributed by atoms with Crippen LogP contribution in [0.25, 0.3) is 0 Å². The Balaban J connectivity index is 1.90. The topological polar surface area (TPSA) is 120 Å². The molecule has 2 N–H and O–H groups in total. The Morgan fingerprint density at radius 1 is 1.11 bits per heavy atom. The van der Waals surface area contributed by atoms with E-state index < -0.39 is 46.3 Å². The van der Waals surface area contributed by atoms with Gasteiger partial charge in [0.2, 0.25) is 5.91 Å². The third-order valence-electron chi connectivity index (χ3n) is 7.58. The van der Waals surface area contributed by atoms with Gasteiger partial charge in [-0.25, -0.2) is 9.59 Å².